The molecule has 24 heavy (non-hydrogen) atoms. The van der Waals surface area contributed by atoms with E-state index in [9.17, 15) is 0 Å². The first-order valence-electron chi connectivity index (χ1n) is 8.39. The van der Waals surface area contributed by atoms with Crippen molar-refractivity contribution in [3.8, 4) is 0 Å². The topological polar surface area (TPSA) is 34.5 Å². The van der Waals surface area contributed by atoms with E-state index in [-0.39, 0.29) is 6.10 Å². The molecule has 0 radical (unpaired) electrons. The third-order valence-corrected chi connectivity index (χ3v) is 4.64. The third-order valence-electron chi connectivity index (χ3n) is 4.11. The molecule has 0 bridgehead atoms. The molecule has 0 atom stereocenters. The van der Waals surface area contributed by atoms with Gasteiger partial charge in [0.1, 0.15) is 11.8 Å². The van der Waals surface area contributed by atoms with Gasteiger partial charge in [0.2, 0.25) is 0 Å². The average Bonchev–Trinajstić information content (AvgIpc) is 2.65. The summed E-state index contributed by atoms with van der Waals surface area (Å²) in [5, 5.41) is 4.43. The molecule has 0 amide bonds. The van der Waals surface area contributed by atoms with Gasteiger partial charge < -0.3 is 4.84 Å². The lowest BCUT2D eigenvalue weighted by Crippen LogP contribution is -2.15. The molecule has 0 aliphatic heterocycles. The molecule has 4 heteroatoms. The number of hydrogen-bond donors (Lipinski definition) is 0. The number of halogens is 1. The number of allylic oxidation sites excluding steroid dienone is 1. The van der Waals surface area contributed by atoms with Crippen molar-refractivity contribution in [1.82, 2.24) is 4.98 Å². The van der Waals surface area contributed by atoms with Crippen molar-refractivity contribution in [3.05, 3.63) is 70.5 Å². The van der Waals surface area contributed by atoms with E-state index in [4.69, 9.17) is 4.84 Å². The molecule has 0 saturated heterocycles. The largest absolute Gasteiger partial charge is 0.392 e. The molecule has 2 aromatic rings. The molecule has 3 rings (SSSR count). The van der Waals surface area contributed by atoms with Gasteiger partial charge >= 0.3 is 0 Å². The van der Waals surface area contributed by atoms with Crippen LogP contribution in [0.25, 0.3) is 6.08 Å². The Morgan fingerprint density at radius 3 is 2.62 bits per heavy atom. The van der Waals surface area contributed by atoms with E-state index >= 15 is 0 Å². The Bertz CT molecular complexity index is 689. The van der Waals surface area contributed by atoms with E-state index in [2.05, 4.69) is 38.2 Å². The van der Waals surface area contributed by atoms with E-state index in [1.807, 2.05) is 42.6 Å². The van der Waals surface area contributed by atoms with Crippen molar-refractivity contribution in [2.45, 2.75) is 38.2 Å². The highest BCUT2D eigenvalue weighted by Crippen LogP contribution is 2.21. The van der Waals surface area contributed by atoms with Gasteiger partial charge in [-0.2, -0.15) is 0 Å². The summed E-state index contributed by atoms with van der Waals surface area (Å²) < 4.78 is 1.07. The summed E-state index contributed by atoms with van der Waals surface area (Å²) in [6, 6.07) is 12.1. The van der Waals surface area contributed by atoms with E-state index in [0.29, 0.717) is 0 Å². The minimum Gasteiger partial charge on any atom is -0.392 e. The molecule has 1 fully saturated rings. The fraction of sp³-hybridized carbons (Fsp3) is 0.300. The van der Waals surface area contributed by atoms with Crippen LogP contribution in [-0.4, -0.2) is 16.8 Å². The van der Waals surface area contributed by atoms with E-state index in [0.717, 1.165) is 34.2 Å². The highest BCUT2D eigenvalue weighted by molar-refractivity contribution is 9.10. The number of aromatic nitrogens is 1. The first-order chi connectivity index (χ1) is 11.8. The van der Waals surface area contributed by atoms with Crippen LogP contribution in [0.2, 0.25) is 0 Å². The Hall–Kier alpha value is -1.94. The summed E-state index contributed by atoms with van der Waals surface area (Å²) in [6.07, 6.45) is 13.8. The molecule has 0 spiro atoms. The van der Waals surface area contributed by atoms with Gasteiger partial charge in [0.05, 0.1) is 0 Å². The maximum absolute atomic E-state index is 5.81. The number of benzene rings is 1. The smallest absolute Gasteiger partial charge is 0.127 e. The fourth-order valence-corrected chi connectivity index (χ4v) is 3.01. The van der Waals surface area contributed by atoms with Crippen LogP contribution in [-0.2, 0) is 4.84 Å². The lowest BCUT2D eigenvalue weighted by atomic mass is 9.98. The number of pyridine rings is 1. The molecule has 3 nitrogen and oxygen atoms in total. The van der Waals surface area contributed by atoms with Gasteiger partial charge in [-0.1, -0.05) is 45.7 Å². The number of hydrogen-bond acceptors (Lipinski definition) is 3. The van der Waals surface area contributed by atoms with Crippen molar-refractivity contribution in [2.75, 3.05) is 0 Å². The van der Waals surface area contributed by atoms with Gasteiger partial charge in [-0.3, -0.25) is 4.98 Å². The van der Waals surface area contributed by atoms with Crippen molar-refractivity contribution in [3.63, 3.8) is 0 Å². The number of nitrogens with zero attached hydrogens (tertiary/aromatic N) is 2. The molecule has 1 aromatic carbocycles. The Balaban J connectivity index is 1.77. The van der Waals surface area contributed by atoms with Crippen molar-refractivity contribution < 1.29 is 4.84 Å². The van der Waals surface area contributed by atoms with Crippen LogP contribution in [0.15, 0.2) is 64.5 Å². The van der Waals surface area contributed by atoms with Crippen LogP contribution in [0.5, 0.6) is 0 Å². The van der Waals surface area contributed by atoms with Gasteiger partial charge in [-0.05, 0) is 61.6 Å². The predicted octanol–water partition coefficient (Wildman–Crippen LogP) is 5.61. The monoisotopic (exact) mass is 384 g/mol. The van der Waals surface area contributed by atoms with Crippen molar-refractivity contribution in [2.24, 2.45) is 5.16 Å². The Morgan fingerprint density at radius 1 is 1.12 bits per heavy atom. The average molecular weight is 385 g/mol. The summed E-state index contributed by atoms with van der Waals surface area (Å²) in [5.41, 5.74) is 2.88. The molecule has 0 N–H and O–H groups in total. The summed E-state index contributed by atoms with van der Waals surface area (Å²) in [6.45, 7) is 0. The zero-order chi connectivity index (χ0) is 16.6. The Morgan fingerprint density at radius 2 is 1.92 bits per heavy atom. The van der Waals surface area contributed by atoms with Gasteiger partial charge in [-0.25, -0.2) is 0 Å². The second kappa shape index (κ2) is 8.78. The lowest BCUT2D eigenvalue weighted by Gasteiger charge is -2.19. The number of oxime groups is 1. The highest BCUT2D eigenvalue weighted by atomic mass is 79.9. The minimum absolute atomic E-state index is 0.242. The Labute approximate surface area is 151 Å². The summed E-state index contributed by atoms with van der Waals surface area (Å²) in [4.78, 5) is 10.00. The van der Waals surface area contributed by atoms with E-state index in [1.165, 1.54) is 19.3 Å². The molecule has 1 aliphatic carbocycles. The first-order valence-corrected chi connectivity index (χ1v) is 9.18. The van der Waals surface area contributed by atoms with Crippen LogP contribution in [0, 0.1) is 0 Å². The fourth-order valence-electron chi connectivity index (χ4n) is 2.74. The van der Waals surface area contributed by atoms with E-state index in [1.54, 1.807) is 6.20 Å². The van der Waals surface area contributed by atoms with Gasteiger partial charge in [0.25, 0.3) is 0 Å². The summed E-state index contributed by atoms with van der Waals surface area (Å²) in [7, 11) is 0. The molecular weight excluding hydrogens is 364 g/mol. The highest BCUT2D eigenvalue weighted by Gasteiger charge is 2.14. The van der Waals surface area contributed by atoms with Crippen LogP contribution >= 0.6 is 15.9 Å². The molecule has 124 valence electrons. The molecular formula is C20H21BrN2O. The SMILES string of the molecule is Brc1ccc(/C=C/C(=N/OC2CCCCC2)c2cccnc2)cc1. The normalized spacial score (nSPS) is 16.5. The first kappa shape index (κ1) is 16.9. The van der Waals surface area contributed by atoms with Crippen molar-refractivity contribution >= 4 is 27.7 Å². The van der Waals surface area contributed by atoms with Crippen molar-refractivity contribution in [1.29, 1.82) is 0 Å². The Kier molecular flexibility index (Phi) is 6.19. The van der Waals surface area contributed by atoms with Crippen LogP contribution in [0.3, 0.4) is 0 Å². The van der Waals surface area contributed by atoms with Crippen LogP contribution < -0.4 is 0 Å². The molecule has 0 unspecified atom stereocenters. The number of rotatable bonds is 5. The summed E-state index contributed by atoms with van der Waals surface area (Å²) >= 11 is 3.46. The quantitative estimate of drug-likeness (QED) is 0.495. The third kappa shape index (κ3) is 5.03. The molecule has 1 heterocycles. The van der Waals surface area contributed by atoms with Gasteiger partial charge in [0, 0.05) is 22.4 Å². The van der Waals surface area contributed by atoms with E-state index < -0.39 is 0 Å². The minimum atomic E-state index is 0.242. The zero-order valence-electron chi connectivity index (χ0n) is 13.6. The summed E-state index contributed by atoms with van der Waals surface area (Å²) in [5.74, 6) is 0. The maximum Gasteiger partial charge on any atom is 0.127 e. The maximum atomic E-state index is 5.81. The molecule has 1 saturated carbocycles. The standard InChI is InChI=1S/C20H21BrN2O/c21-18-11-8-16(9-12-18)10-13-20(17-5-4-14-22-15-17)23-24-19-6-2-1-3-7-19/h4-5,8-15,19H,1-3,6-7H2/b13-10+,23-20-. The molecule has 1 aliphatic rings. The second-order valence-corrected chi connectivity index (χ2v) is 6.88. The molecule has 1 aromatic heterocycles. The second-order valence-electron chi connectivity index (χ2n) is 5.97. The van der Waals surface area contributed by atoms with Crippen LogP contribution in [0.1, 0.15) is 43.2 Å². The zero-order valence-corrected chi connectivity index (χ0v) is 15.2. The van der Waals surface area contributed by atoms with Gasteiger partial charge in [-0.15, -0.1) is 0 Å². The predicted molar refractivity (Wildman–Crippen MR) is 102 cm³/mol. The van der Waals surface area contributed by atoms with Crippen LogP contribution in [0.4, 0.5) is 0 Å². The lowest BCUT2D eigenvalue weighted by molar-refractivity contribution is 0.0332. The van der Waals surface area contributed by atoms with Gasteiger partial charge in [0.15, 0.2) is 0 Å².